The maximum Gasteiger partial charge on any atom is 0.111 e. The van der Waals surface area contributed by atoms with Crippen LogP contribution < -0.4 is 0 Å². The van der Waals surface area contributed by atoms with Crippen molar-refractivity contribution in [1.82, 2.24) is 4.90 Å². The Labute approximate surface area is 59.7 Å². The van der Waals surface area contributed by atoms with Crippen molar-refractivity contribution in [3.63, 3.8) is 0 Å². The van der Waals surface area contributed by atoms with E-state index < -0.39 is 18.6 Å². The summed E-state index contributed by atoms with van der Waals surface area (Å²) < 4.78 is 0. The summed E-state index contributed by atoms with van der Waals surface area (Å²) in [6.45, 7) is 0. The minimum absolute atomic E-state index is 0.327. The average molecular weight is 147 g/mol. The van der Waals surface area contributed by atoms with Crippen molar-refractivity contribution in [3.8, 4) is 0 Å². The van der Waals surface area contributed by atoms with Crippen molar-refractivity contribution in [2.45, 2.75) is 31.4 Å². The Morgan fingerprint density at radius 3 is 1.90 bits per heavy atom. The van der Waals surface area contributed by atoms with E-state index in [0.717, 1.165) is 0 Å². The topological polar surface area (TPSA) is 63.9 Å². The van der Waals surface area contributed by atoms with Crippen LogP contribution in [0.2, 0.25) is 0 Å². The molecular weight excluding hydrogens is 134 g/mol. The van der Waals surface area contributed by atoms with Gasteiger partial charge in [-0.2, -0.15) is 0 Å². The van der Waals surface area contributed by atoms with Gasteiger partial charge in [0, 0.05) is 12.8 Å². The van der Waals surface area contributed by atoms with Crippen LogP contribution in [0, 0.1) is 0 Å². The highest BCUT2D eigenvalue weighted by Gasteiger charge is 2.29. The van der Waals surface area contributed by atoms with Gasteiger partial charge in [-0.15, -0.1) is 0 Å². The molecule has 1 rings (SSSR count). The minimum Gasteiger partial charge on any atom is -0.393 e. The van der Waals surface area contributed by atoms with E-state index in [-0.39, 0.29) is 0 Å². The lowest BCUT2D eigenvalue weighted by molar-refractivity contribution is -0.148. The van der Waals surface area contributed by atoms with E-state index in [4.69, 9.17) is 15.3 Å². The van der Waals surface area contributed by atoms with Crippen LogP contribution in [0.1, 0.15) is 12.8 Å². The van der Waals surface area contributed by atoms with Gasteiger partial charge in [0.2, 0.25) is 0 Å². The number of piperidine rings is 1. The summed E-state index contributed by atoms with van der Waals surface area (Å²) in [6.07, 6.45) is -1.33. The smallest absolute Gasteiger partial charge is 0.111 e. The van der Waals surface area contributed by atoms with Gasteiger partial charge in [0.15, 0.2) is 0 Å². The van der Waals surface area contributed by atoms with E-state index in [9.17, 15) is 0 Å². The van der Waals surface area contributed by atoms with Crippen molar-refractivity contribution in [2.75, 3.05) is 7.05 Å². The van der Waals surface area contributed by atoms with E-state index in [1.807, 2.05) is 0 Å². The van der Waals surface area contributed by atoms with Crippen molar-refractivity contribution < 1.29 is 15.3 Å². The highest BCUT2D eigenvalue weighted by molar-refractivity contribution is 4.74. The second kappa shape index (κ2) is 2.84. The number of aliphatic hydroxyl groups excluding tert-OH is 3. The van der Waals surface area contributed by atoms with Crippen LogP contribution >= 0.6 is 0 Å². The summed E-state index contributed by atoms with van der Waals surface area (Å²) in [4.78, 5) is 1.44. The zero-order valence-electron chi connectivity index (χ0n) is 5.94. The molecule has 1 saturated heterocycles. The lowest BCUT2D eigenvalue weighted by atomic mass is 10.1. The Hall–Kier alpha value is -0.160. The molecule has 0 aromatic rings. The van der Waals surface area contributed by atoms with Crippen LogP contribution in [0.4, 0.5) is 0 Å². The number of rotatable bonds is 0. The molecule has 10 heavy (non-hydrogen) atoms. The molecule has 1 heterocycles. The monoisotopic (exact) mass is 147 g/mol. The fourth-order valence-electron chi connectivity index (χ4n) is 1.11. The number of aliphatic hydroxyl groups is 3. The maximum atomic E-state index is 9.12. The summed E-state index contributed by atoms with van der Waals surface area (Å²) in [5.74, 6) is 0. The van der Waals surface area contributed by atoms with Crippen LogP contribution in [-0.2, 0) is 0 Å². The number of likely N-dealkylation sites (tertiary alicyclic amines) is 1. The van der Waals surface area contributed by atoms with Crippen LogP contribution in [0.3, 0.4) is 0 Å². The van der Waals surface area contributed by atoms with Crippen molar-refractivity contribution in [3.05, 3.63) is 0 Å². The normalized spacial score (nSPS) is 43.8. The Morgan fingerprint density at radius 1 is 1.10 bits per heavy atom. The first-order valence-corrected chi connectivity index (χ1v) is 3.37. The first-order valence-electron chi connectivity index (χ1n) is 3.37. The zero-order valence-corrected chi connectivity index (χ0v) is 5.94. The lowest BCUT2D eigenvalue weighted by Crippen LogP contribution is -2.48. The van der Waals surface area contributed by atoms with Gasteiger partial charge < -0.3 is 15.3 Å². The van der Waals surface area contributed by atoms with Crippen LogP contribution in [0.15, 0.2) is 0 Å². The molecule has 4 nitrogen and oxygen atoms in total. The van der Waals surface area contributed by atoms with E-state index in [2.05, 4.69) is 0 Å². The van der Waals surface area contributed by atoms with Crippen molar-refractivity contribution in [2.24, 2.45) is 0 Å². The van der Waals surface area contributed by atoms with Gasteiger partial charge in [-0.25, -0.2) is 0 Å². The van der Waals surface area contributed by atoms with Gasteiger partial charge in [0.05, 0.1) is 6.10 Å². The van der Waals surface area contributed by atoms with E-state index in [0.29, 0.717) is 12.8 Å². The molecular formula is C6H13NO3. The Kier molecular flexibility index (Phi) is 2.25. The predicted octanol–water partition coefficient (Wildman–Crippen LogP) is -1.29. The molecule has 60 valence electrons. The summed E-state index contributed by atoms with van der Waals surface area (Å²) >= 11 is 0. The molecule has 2 unspecified atom stereocenters. The molecule has 0 aliphatic carbocycles. The van der Waals surface area contributed by atoms with Gasteiger partial charge in [0.1, 0.15) is 12.5 Å². The van der Waals surface area contributed by atoms with E-state index in [1.54, 1.807) is 7.05 Å². The molecule has 1 fully saturated rings. The quantitative estimate of drug-likeness (QED) is 0.399. The fraction of sp³-hybridized carbons (Fsp3) is 1.00. The second-order valence-electron chi connectivity index (χ2n) is 2.75. The molecule has 0 aromatic heterocycles. The van der Waals surface area contributed by atoms with Crippen molar-refractivity contribution >= 4 is 0 Å². The standard InChI is InChI=1S/C6H13NO3/c1-7-5(9)2-4(8)3-6(7)10/h4-6,8-10H,2-3H2,1H3. The summed E-state index contributed by atoms with van der Waals surface area (Å²) in [7, 11) is 1.63. The van der Waals surface area contributed by atoms with Crippen LogP contribution in [0.25, 0.3) is 0 Å². The van der Waals surface area contributed by atoms with Gasteiger partial charge >= 0.3 is 0 Å². The Bertz CT molecular complexity index is 108. The molecule has 3 N–H and O–H groups in total. The molecule has 0 bridgehead atoms. The SMILES string of the molecule is CN1C(O)CC(O)CC1O. The predicted molar refractivity (Wildman–Crippen MR) is 35.0 cm³/mol. The second-order valence-corrected chi connectivity index (χ2v) is 2.75. The molecule has 0 radical (unpaired) electrons. The van der Waals surface area contributed by atoms with Gasteiger partial charge in [-0.1, -0.05) is 0 Å². The maximum absolute atomic E-state index is 9.12. The third-order valence-corrected chi connectivity index (χ3v) is 1.91. The molecule has 4 heteroatoms. The van der Waals surface area contributed by atoms with E-state index in [1.165, 1.54) is 4.90 Å². The third-order valence-electron chi connectivity index (χ3n) is 1.91. The van der Waals surface area contributed by atoms with Gasteiger partial charge in [0.25, 0.3) is 0 Å². The molecule has 0 amide bonds. The number of nitrogens with zero attached hydrogens (tertiary/aromatic N) is 1. The largest absolute Gasteiger partial charge is 0.393 e. The first-order chi connectivity index (χ1) is 4.61. The lowest BCUT2D eigenvalue weighted by Gasteiger charge is -2.35. The molecule has 2 atom stereocenters. The van der Waals surface area contributed by atoms with E-state index >= 15 is 0 Å². The molecule has 0 aromatic carbocycles. The number of hydrogen-bond acceptors (Lipinski definition) is 4. The zero-order chi connectivity index (χ0) is 7.72. The summed E-state index contributed by atoms with van der Waals surface area (Å²) in [6, 6.07) is 0. The Balaban J connectivity index is 2.49. The molecule has 0 spiro atoms. The third kappa shape index (κ3) is 1.46. The van der Waals surface area contributed by atoms with Gasteiger partial charge in [-0.05, 0) is 7.05 Å². The van der Waals surface area contributed by atoms with Crippen LogP contribution in [-0.4, -0.2) is 45.8 Å². The Morgan fingerprint density at radius 2 is 1.50 bits per heavy atom. The first kappa shape index (κ1) is 7.94. The molecule has 1 aliphatic heterocycles. The highest BCUT2D eigenvalue weighted by Crippen LogP contribution is 2.17. The highest BCUT2D eigenvalue weighted by atomic mass is 16.3. The molecule has 0 saturated carbocycles. The minimum atomic E-state index is -0.709. The summed E-state index contributed by atoms with van der Waals surface area (Å²) in [5, 5.41) is 27.3. The fourth-order valence-corrected chi connectivity index (χ4v) is 1.11. The molecule has 1 aliphatic rings. The number of hydrogen-bond donors (Lipinski definition) is 3. The van der Waals surface area contributed by atoms with Crippen molar-refractivity contribution in [1.29, 1.82) is 0 Å². The van der Waals surface area contributed by atoms with Crippen LogP contribution in [0.5, 0.6) is 0 Å². The summed E-state index contributed by atoms with van der Waals surface area (Å²) in [5.41, 5.74) is 0. The average Bonchev–Trinajstić information content (AvgIpc) is 1.82. The van der Waals surface area contributed by atoms with Gasteiger partial charge in [-0.3, -0.25) is 4.90 Å².